The molecule has 1 saturated heterocycles. The summed E-state index contributed by atoms with van der Waals surface area (Å²) in [6.07, 6.45) is 1.72. The maximum atomic E-state index is 12.1. The second-order valence-electron chi connectivity index (χ2n) is 4.86. The van der Waals surface area contributed by atoms with Gasteiger partial charge < -0.3 is 15.2 Å². The number of hydrogen-bond acceptors (Lipinski definition) is 5. The molecule has 1 aliphatic rings. The summed E-state index contributed by atoms with van der Waals surface area (Å²) in [4.78, 5) is 17.0. The minimum atomic E-state index is -0.214. The monoisotopic (exact) mass is 404 g/mol. The van der Waals surface area contributed by atoms with E-state index in [0.717, 1.165) is 11.3 Å². The molecule has 3 rings (SSSR count). The van der Waals surface area contributed by atoms with Gasteiger partial charge >= 0.3 is 0 Å². The van der Waals surface area contributed by atoms with E-state index in [1.807, 2.05) is 30.3 Å². The number of amides is 1. The number of rotatable bonds is 3. The minimum Gasteiger partial charge on any atom is -0.504 e. The van der Waals surface area contributed by atoms with Crippen LogP contribution in [-0.4, -0.2) is 23.3 Å². The Balaban J connectivity index is 1.89. The van der Waals surface area contributed by atoms with Gasteiger partial charge in [0.05, 0.1) is 17.7 Å². The van der Waals surface area contributed by atoms with Crippen LogP contribution in [0.4, 0.5) is 5.69 Å². The van der Waals surface area contributed by atoms with Crippen LogP contribution in [0.25, 0.3) is 6.08 Å². The summed E-state index contributed by atoms with van der Waals surface area (Å²) in [6, 6.07) is 12.6. The molecule has 0 unspecified atom stereocenters. The fourth-order valence-electron chi connectivity index (χ4n) is 2.07. The number of aliphatic imine (C=N–C) groups is 1. The van der Waals surface area contributed by atoms with Gasteiger partial charge in [-0.15, -0.1) is 0 Å². The van der Waals surface area contributed by atoms with Crippen molar-refractivity contribution in [1.82, 2.24) is 5.32 Å². The molecule has 1 fully saturated rings. The zero-order valence-corrected chi connectivity index (χ0v) is 15.0. The van der Waals surface area contributed by atoms with Gasteiger partial charge in [0.15, 0.2) is 16.7 Å². The Morgan fingerprint density at radius 3 is 2.75 bits per heavy atom. The summed E-state index contributed by atoms with van der Waals surface area (Å²) in [5.74, 6) is 0.154. The summed E-state index contributed by atoms with van der Waals surface area (Å²) in [5, 5.41) is 13.0. The highest BCUT2D eigenvalue weighted by Gasteiger charge is 2.24. The smallest absolute Gasteiger partial charge is 0.264 e. The first kappa shape index (κ1) is 16.6. The lowest BCUT2D eigenvalue weighted by atomic mass is 10.2. The molecule has 1 amide bonds. The first-order valence-corrected chi connectivity index (χ1v) is 8.59. The zero-order valence-electron chi connectivity index (χ0n) is 12.6. The Bertz CT molecular complexity index is 850. The number of carbonyl (C=O) groups is 1. The number of benzene rings is 2. The van der Waals surface area contributed by atoms with Gasteiger partial charge in [-0.1, -0.05) is 34.1 Å². The minimum absolute atomic E-state index is 0.0291. The van der Waals surface area contributed by atoms with Crippen molar-refractivity contribution in [3.63, 3.8) is 0 Å². The number of amidine groups is 1. The third kappa shape index (κ3) is 3.63. The molecule has 1 aliphatic heterocycles. The quantitative estimate of drug-likeness (QED) is 0.756. The highest BCUT2D eigenvalue weighted by atomic mass is 79.9. The summed E-state index contributed by atoms with van der Waals surface area (Å²) in [7, 11) is 1.47. The second kappa shape index (κ2) is 7.11. The van der Waals surface area contributed by atoms with E-state index < -0.39 is 0 Å². The van der Waals surface area contributed by atoms with Gasteiger partial charge in [-0.2, -0.15) is 0 Å². The Morgan fingerprint density at radius 1 is 1.29 bits per heavy atom. The first-order chi connectivity index (χ1) is 11.6. The van der Waals surface area contributed by atoms with Gasteiger partial charge in [0.2, 0.25) is 0 Å². The lowest BCUT2D eigenvalue weighted by Crippen LogP contribution is -2.19. The molecule has 0 spiro atoms. The summed E-state index contributed by atoms with van der Waals surface area (Å²) in [6.45, 7) is 0. The third-order valence-electron chi connectivity index (χ3n) is 3.22. The van der Waals surface area contributed by atoms with Crippen LogP contribution in [-0.2, 0) is 4.79 Å². The topological polar surface area (TPSA) is 70.9 Å². The number of aromatic hydroxyl groups is 1. The molecule has 122 valence electrons. The lowest BCUT2D eigenvalue weighted by Gasteiger charge is -2.06. The van der Waals surface area contributed by atoms with Crippen molar-refractivity contribution in [2.75, 3.05) is 7.11 Å². The van der Waals surface area contributed by atoms with Gasteiger partial charge in [0.1, 0.15) is 0 Å². The molecule has 5 nitrogen and oxygen atoms in total. The van der Waals surface area contributed by atoms with Gasteiger partial charge in [-0.3, -0.25) is 4.79 Å². The molecule has 0 saturated carbocycles. The largest absolute Gasteiger partial charge is 0.504 e. The average Bonchev–Trinajstić information content (AvgIpc) is 2.90. The predicted octanol–water partition coefficient (Wildman–Crippen LogP) is 4.05. The van der Waals surface area contributed by atoms with E-state index in [-0.39, 0.29) is 11.7 Å². The molecular formula is C17H13BrN2O3S. The molecule has 7 heteroatoms. The highest BCUT2D eigenvalue weighted by molar-refractivity contribution is 9.10. The van der Waals surface area contributed by atoms with Crippen LogP contribution in [0.1, 0.15) is 5.56 Å². The number of nitrogens with one attached hydrogen (secondary N) is 1. The van der Waals surface area contributed by atoms with E-state index >= 15 is 0 Å². The molecule has 0 aliphatic carbocycles. The van der Waals surface area contributed by atoms with Crippen LogP contribution in [0.5, 0.6) is 11.5 Å². The number of phenolic OH excluding ortho intramolecular Hbond substituents is 1. The molecule has 0 aromatic heterocycles. The van der Waals surface area contributed by atoms with E-state index in [0.29, 0.717) is 20.3 Å². The van der Waals surface area contributed by atoms with Gasteiger partial charge in [0, 0.05) is 4.47 Å². The first-order valence-electron chi connectivity index (χ1n) is 6.98. The van der Waals surface area contributed by atoms with E-state index in [2.05, 4.69) is 26.2 Å². The van der Waals surface area contributed by atoms with Crippen molar-refractivity contribution in [2.45, 2.75) is 0 Å². The second-order valence-corrected chi connectivity index (χ2v) is 6.75. The Hall–Kier alpha value is -2.25. The number of thioether (sulfide) groups is 1. The SMILES string of the molecule is COc1cc(/C=C2\SC(=Nc3ccccc3)NC2=O)c(Br)cc1O. The van der Waals surface area contributed by atoms with E-state index in [4.69, 9.17) is 4.74 Å². The van der Waals surface area contributed by atoms with Crippen molar-refractivity contribution >= 4 is 50.5 Å². The fraction of sp³-hybridized carbons (Fsp3) is 0.0588. The number of ether oxygens (including phenoxy) is 1. The predicted molar refractivity (Wildman–Crippen MR) is 99.6 cm³/mol. The van der Waals surface area contributed by atoms with Crippen LogP contribution in [0, 0.1) is 0 Å². The summed E-state index contributed by atoms with van der Waals surface area (Å²) in [5.41, 5.74) is 1.50. The van der Waals surface area contributed by atoms with Crippen molar-refractivity contribution < 1.29 is 14.6 Å². The maximum absolute atomic E-state index is 12.1. The molecule has 1 heterocycles. The highest BCUT2D eigenvalue weighted by Crippen LogP contribution is 2.35. The maximum Gasteiger partial charge on any atom is 0.264 e. The van der Waals surface area contributed by atoms with Gasteiger partial charge in [0.25, 0.3) is 5.91 Å². The van der Waals surface area contributed by atoms with E-state index in [1.165, 1.54) is 24.9 Å². The normalized spacial score (nSPS) is 17.3. The molecule has 2 N–H and O–H groups in total. The van der Waals surface area contributed by atoms with E-state index in [9.17, 15) is 9.90 Å². The van der Waals surface area contributed by atoms with Crippen LogP contribution >= 0.6 is 27.7 Å². The van der Waals surface area contributed by atoms with Crippen molar-refractivity contribution in [3.8, 4) is 11.5 Å². The van der Waals surface area contributed by atoms with Crippen LogP contribution in [0.2, 0.25) is 0 Å². The van der Waals surface area contributed by atoms with Gasteiger partial charge in [-0.05, 0) is 47.7 Å². The fourth-order valence-corrected chi connectivity index (χ4v) is 3.35. The van der Waals surface area contributed by atoms with Crippen LogP contribution in [0.3, 0.4) is 0 Å². The third-order valence-corrected chi connectivity index (χ3v) is 4.82. The number of hydrogen-bond donors (Lipinski definition) is 2. The molecule has 2 aromatic rings. The van der Waals surface area contributed by atoms with Crippen LogP contribution in [0.15, 0.2) is 56.8 Å². The van der Waals surface area contributed by atoms with Gasteiger partial charge in [-0.25, -0.2) is 4.99 Å². The van der Waals surface area contributed by atoms with Crippen molar-refractivity contribution in [2.24, 2.45) is 4.99 Å². The molecule has 0 radical (unpaired) electrons. The molecule has 0 bridgehead atoms. The van der Waals surface area contributed by atoms with Crippen molar-refractivity contribution in [3.05, 3.63) is 57.4 Å². The molecular weight excluding hydrogens is 392 g/mol. The molecule has 0 atom stereocenters. The number of halogens is 1. The molecule has 2 aromatic carbocycles. The number of nitrogens with zero attached hydrogens (tertiary/aromatic N) is 1. The van der Waals surface area contributed by atoms with Crippen molar-refractivity contribution in [1.29, 1.82) is 0 Å². The number of carbonyl (C=O) groups excluding carboxylic acids is 1. The Morgan fingerprint density at radius 2 is 2.04 bits per heavy atom. The lowest BCUT2D eigenvalue weighted by molar-refractivity contribution is -0.115. The standard InChI is InChI=1S/C17H13BrN2O3S/c1-23-14-7-10(12(18)9-13(14)21)8-15-16(22)20-17(24-15)19-11-5-3-2-4-6-11/h2-9,21H,1H3,(H,19,20,22)/b15-8-. The summed E-state index contributed by atoms with van der Waals surface area (Å²) < 4.78 is 5.76. The Labute approximate surface area is 151 Å². The van der Waals surface area contributed by atoms with E-state index in [1.54, 1.807) is 12.1 Å². The number of methoxy groups -OCH3 is 1. The number of phenols is 1. The average molecular weight is 405 g/mol. The summed E-state index contributed by atoms with van der Waals surface area (Å²) >= 11 is 4.64. The zero-order chi connectivity index (χ0) is 17.1. The van der Waals surface area contributed by atoms with Crippen LogP contribution < -0.4 is 10.1 Å². The Kier molecular flexibility index (Phi) is 4.92. The molecule has 24 heavy (non-hydrogen) atoms. The number of para-hydroxylation sites is 1.